The van der Waals surface area contributed by atoms with E-state index in [0.717, 1.165) is 16.2 Å². The number of benzene rings is 5. The highest BCUT2D eigenvalue weighted by atomic mass is 35.5. The average Bonchev–Trinajstić information content (AvgIpc) is 3.27. The molecule has 5 aromatic carbocycles. The number of hydrogen-bond acceptors (Lipinski definition) is 0. The Morgan fingerprint density at radius 2 is 1.32 bits per heavy atom. The van der Waals surface area contributed by atoms with Crippen LogP contribution in [0.3, 0.4) is 0 Å². The second kappa shape index (κ2) is 9.82. The number of fused-ring (bicyclic) bond motifs is 3. The molecule has 0 nitrogen and oxygen atoms in total. The molecule has 0 radical (unpaired) electrons. The number of hydrogen-bond donors (Lipinski definition) is 0. The molecule has 1 aliphatic carbocycles. The molecule has 0 heterocycles. The highest BCUT2D eigenvalue weighted by molar-refractivity contribution is 6.30. The summed E-state index contributed by atoms with van der Waals surface area (Å²) < 4.78 is 0. The Balaban J connectivity index is 1.71. The van der Waals surface area contributed by atoms with Crippen molar-refractivity contribution in [2.45, 2.75) is 5.41 Å². The van der Waals surface area contributed by atoms with Crippen molar-refractivity contribution in [1.29, 1.82) is 0 Å². The summed E-state index contributed by atoms with van der Waals surface area (Å²) in [5.74, 6) is 0. The Kier molecular flexibility index (Phi) is 6.19. The summed E-state index contributed by atoms with van der Waals surface area (Å²) in [6, 6.07) is 43.3. The molecule has 0 aliphatic heterocycles. The largest absolute Gasteiger partial charge is 0.0990 e. The maximum Gasteiger partial charge on any atom is 0.0714 e. The average molecular weight is 507 g/mol. The van der Waals surface area contributed by atoms with Crippen molar-refractivity contribution in [3.05, 3.63) is 186 Å². The molecule has 0 amide bonds. The van der Waals surface area contributed by atoms with Gasteiger partial charge in [-0.2, -0.15) is 0 Å². The first-order valence-corrected chi connectivity index (χ1v) is 13.2. The van der Waals surface area contributed by atoms with Crippen LogP contribution in [0.5, 0.6) is 0 Å². The van der Waals surface area contributed by atoms with E-state index < -0.39 is 5.41 Å². The second-order valence-corrected chi connectivity index (χ2v) is 9.98. The van der Waals surface area contributed by atoms with Crippen molar-refractivity contribution in [3.63, 3.8) is 0 Å². The minimum atomic E-state index is -0.517. The molecule has 5 aromatic rings. The van der Waals surface area contributed by atoms with Crippen molar-refractivity contribution in [2.75, 3.05) is 0 Å². The summed E-state index contributed by atoms with van der Waals surface area (Å²) in [5, 5.41) is 0.734. The van der Waals surface area contributed by atoms with Gasteiger partial charge in [-0.1, -0.05) is 152 Å². The van der Waals surface area contributed by atoms with Gasteiger partial charge in [-0.15, -0.1) is 0 Å². The van der Waals surface area contributed by atoms with Crippen molar-refractivity contribution >= 4 is 17.2 Å². The minimum Gasteiger partial charge on any atom is -0.0990 e. The smallest absolute Gasteiger partial charge is 0.0714 e. The van der Waals surface area contributed by atoms with E-state index in [-0.39, 0.29) is 0 Å². The fraction of sp³-hybridized carbons (Fsp3) is 0.0270. The Morgan fingerprint density at radius 3 is 2.00 bits per heavy atom. The van der Waals surface area contributed by atoms with Gasteiger partial charge in [-0.25, -0.2) is 0 Å². The zero-order valence-corrected chi connectivity index (χ0v) is 21.8. The summed E-state index contributed by atoms with van der Waals surface area (Å²) in [7, 11) is 0. The second-order valence-electron chi connectivity index (χ2n) is 9.54. The van der Waals surface area contributed by atoms with E-state index in [1.807, 2.05) is 18.2 Å². The van der Waals surface area contributed by atoms with Crippen LogP contribution in [-0.2, 0) is 5.41 Å². The Morgan fingerprint density at radius 1 is 0.632 bits per heavy atom. The van der Waals surface area contributed by atoms with Gasteiger partial charge >= 0.3 is 0 Å². The molecule has 0 spiro atoms. The standard InChI is InChI=1S/C37H27Cl/c1-3-12-26(4-2)27-19-21-30(22-20-27)37(29-15-9-6-10-16-29)34-18-11-17-32(28-13-7-5-8-14-28)36(34)33-24-23-31(38)25-35(33)37/h3-25H,1-2H2/b26-12+. The van der Waals surface area contributed by atoms with E-state index in [0.29, 0.717) is 0 Å². The van der Waals surface area contributed by atoms with E-state index in [1.54, 1.807) is 6.08 Å². The molecule has 38 heavy (non-hydrogen) atoms. The highest BCUT2D eigenvalue weighted by Gasteiger charge is 2.47. The quantitative estimate of drug-likeness (QED) is 0.197. The van der Waals surface area contributed by atoms with Crippen molar-refractivity contribution in [2.24, 2.45) is 0 Å². The Hall–Kier alpha value is -4.39. The van der Waals surface area contributed by atoms with Gasteiger partial charge in [0.15, 0.2) is 0 Å². The minimum absolute atomic E-state index is 0.517. The van der Waals surface area contributed by atoms with E-state index in [9.17, 15) is 0 Å². The summed E-state index contributed by atoms with van der Waals surface area (Å²) in [6.07, 6.45) is 5.66. The van der Waals surface area contributed by atoms with Crippen LogP contribution in [-0.4, -0.2) is 0 Å². The van der Waals surface area contributed by atoms with Crippen LogP contribution in [0.2, 0.25) is 5.02 Å². The number of rotatable bonds is 6. The van der Waals surface area contributed by atoms with Crippen LogP contribution >= 0.6 is 11.6 Å². The third-order valence-corrected chi connectivity index (χ3v) is 7.82. The molecule has 0 bridgehead atoms. The van der Waals surface area contributed by atoms with Gasteiger partial charge in [-0.05, 0) is 67.8 Å². The van der Waals surface area contributed by atoms with Crippen LogP contribution < -0.4 is 0 Å². The first-order valence-electron chi connectivity index (χ1n) is 12.8. The molecule has 182 valence electrons. The molecule has 6 rings (SSSR count). The third kappa shape index (κ3) is 3.69. The van der Waals surface area contributed by atoms with Crippen molar-refractivity contribution < 1.29 is 0 Å². The van der Waals surface area contributed by atoms with Crippen LogP contribution in [0.1, 0.15) is 27.8 Å². The predicted molar refractivity (Wildman–Crippen MR) is 163 cm³/mol. The maximum atomic E-state index is 6.72. The summed E-state index contributed by atoms with van der Waals surface area (Å²) in [4.78, 5) is 0. The van der Waals surface area contributed by atoms with Gasteiger partial charge in [-0.3, -0.25) is 0 Å². The Labute approximate surface area is 229 Å². The first kappa shape index (κ1) is 24.0. The topological polar surface area (TPSA) is 0 Å². The molecular formula is C37H27Cl. The number of halogens is 1. The van der Waals surface area contributed by atoms with E-state index in [4.69, 9.17) is 11.6 Å². The molecule has 1 heteroatoms. The van der Waals surface area contributed by atoms with Crippen LogP contribution in [0.25, 0.3) is 27.8 Å². The SMILES string of the molecule is C=C/C=C(\C=C)c1ccc(C2(c3ccccc3)c3cc(Cl)ccc3-c3c(-c4ccccc4)cccc32)cc1. The zero-order valence-electron chi connectivity index (χ0n) is 21.1. The van der Waals surface area contributed by atoms with Crippen LogP contribution in [0, 0.1) is 0 Å². The molecule has 0 fully saturated rings. The highest BCUT2D eigenvalue weighted by Crippen LogP contribution is 2.58. The van der Waals surface area contributed by atoms with Gasteiger partial charge in [0.1, 0.15) is 0 Å². The predicted octanol–water partition coefficient (Wildman–Crippen LogP) is 10.1. The van der Waals surface area contributed by atoms with Gasteiger partial charge in [0.05, 0.1) is 5.41 Å². The fourth-order valence-corrected chi connectivity index (χ4v) is 6.17. The van der Waals surface area contributed by atoms with Crippen LogP contribution in [0.15, 0.2) is 153 Å². The summed E-state index contributed by atoms with van der Waals surface area (Å²) in [5.41, 5.74) is 11.4. The molecule has 0 saturated carbocycles. The first-order chi connectivity index (χ1) is 18.7. The van der Waals surface area contributed by atoms with Crippen molar-refractivity contribution in [3.8, 4) is 22.3 Å². The molecular weight excluding hydrogens is 480 g/mol. The fourth-order valence-electron chi connectivity index (χ4n) is 6.00. The number of allylic oxidation sites excluding steroid dienone is 4. The molecule has 0 aromatic heterocycles. The van der Waals surface area contributed by atoms with E-state index in [1.165, 1.54) is 44.5 Å². The molecule has 1 aliphatic rings. The third-order valence-electron chi connectivity index (χ3n) is 7.58. The summed E-state index contributed by atoms with van der Waals surface area (Å²) in [6.45, 7) is 7.85. The lowest BCUT2D eigenvalue weighted by atomic mass is 9.67. The van der Waals surface area contributed by atoms with Crippen molar-refractivity contribution in [1.82, 2.24) is 0 Å². The zero-order chi connectivity index (χ0) is 26.1. The van der Waals surface area contributed by atoms with Gasteiger partial charge < -0.3 is 0 Å². The molecule has 1 atom stereocenters. The van der Waals surface area contributed by atoms with E-state index >= 15 is 0 Å². The van der Waals surface area contributed by atoms with Gasteiger partial charge in [0.25, 0.3) is 0 Å². The monoisotopic (exact) mass is 506 g/mol. The van der Waals surface area contributed by atoms with Crippen LogP contribution in [0.4, 0.5) is 0 Å². The lowest BCUT2D eigenvalue weighted by Gasteiger charge is -2.34. The lowest BCUT2D eigenvalue weighted by Crippen LogP contribution is -2.28. The van der Waals surface area contributed by atoms with Gasteiger partial charge in [0.2, 0.25) is 0 Å². The molecule has 1 unspecified atom stereocenters. The summed E-state index contributed by atoms with van der Waals surface area (Å²) >= 11 is 6.72. The van der Waals surface area contributed by atoms with E-state index in [2.05, 4.69) is 128 Å². The normalized spacial score (nSPS) is 16.0. The maximum absolute atomic E-state index is 6.72. The molecule has 0 N–H and O–H groups in total. The Bertz CT molecular complexity index is 1670. The van der Waals surface area contributed by atoms with Gasteiger partial charge in [0, 0.05) is 5.02 Å². The lowest BCUT2D eigenvalue weighted by molar-refractivity contribution is 0.768. The molecule has 0 saturated heterocycles.